The Morgan fingerprint density at radius 1 is 1.16 bits per heavy atom. The Kier molecular flexibility index (Phi) is 6.62. The molecule has 1 unspecified atom stereocenters. The molecule has 8 heteroatoms. The number of anilines is 2. The minimum atomic E-state index is -4.06. The van der Waals surface area contributed by atoms with E-state index in [9.17, 15) is 23.4 Å². The molecule has 4 N–H and O–H groups in total. The van der Waals surface area contributed by atoms with Gasteiger partial charge in [-0.1, -0.05) is 39.0 Å². The molecule has 168 valence electrons. The number of hydrogen-bond donors (Lipinski definition) is 4. The minimum Gasteiger partial charge on any atom is -0.478 e. The molecule has 0 saturated heterocycles. The lowest BCUT2D eigenvalue weighted by molar-refractivity contribution is 0.0696. The Hall–Kier alpha value is -2.58. The van der Waals surface area contributed by atoms with E-state index in [1.54, 1.807) is 24.3 Å². The monoisotopic (exact) mass is 446 g/mol. The summed E-state index contributed by atoms with van der Waals surface area (Å²) in [4.78, 5) is 12.1. The quantitative estimate of drug-likeness (QED) is 0.486. The smallest absolute Gasteiger partial charge is 0.338 e. The Balaban J connectivity index is 1.99. The average molecular weight is 447 g/mol. The largest absolute Gasteiger partial charge is 0.478 e. The number of hydrogen-bond acceptors (Lipinski definition) is 5. The van der Waals surface area contributed by atoms with Crippen molar-refractivity contribution in [2.24, 2.45) is 5.41 Å². The fourth-order valence-electron chi connectivity index (χ4n) is 3.94. The number of benzene rings is 2. The third-order valence-electron chi connectivity index (χ3n) is 5.73. The van der Waals surface area contributed by atoms with Gasteiger partial charge in [0.15, 0.2) is 0 Å². The van der Waals surface area contributed by atoms with Crippen LogP contribution in [0.2, 0.25) is 0 Å². The summed E-state index contributed by atoms with van der Waals surface area (Å²) in [7, 11) is -4.06. The van der Waals surface area contributed by atoms with Crippen molar-refractivity contribution in [1.29, 1.82) is 0 Å². The highest BCUT2D eigenvalue weighted by molar-refractivity contribution is 7.92. The van der Waals surface area contributed by atoms with E-state index in [1.165, 1.54) is 6.07 Å². The molecule has 0 bridgehead atoms. The molecule has 0 aromatic heterocycles. The van der Waals surface area contributed by atoms with Gasteiger partial charge in [0.2, 0.25) is 0 Å². The molecule has 0 amide bonds. The molecule has 0 spiro atoms. The lowest BCUT2D eigenvalue weighted by Crippen LogP contribution is -2.27. The number of nitrogens with one attached hydrogen (secondary N) is 2. The van der Waals surface area contributed by atoms with Gasteiger partial charge >= 0.3 is 5.97 Å². The van der Waals surface area contributed by atoms with Gasteiger partial charge in [0.1, 0.15) is 4.90 Å². The fraction of sp³-hybridized carbons (Fsp3) is 0.435. The molecular weight excluding hydrogens is 416 g/mol. The van der Waals surface area contributed by atoms with E-state index in [4.69, 9.17) is 0 Å². The van der Waals surface area contributed by atoms with Gasteiger partial charge in [-0.3, -0.25) is 4.72 Å². The summed E-state index contributed by atoms with van der Waals surface area (Å²) in [5.41, 5.74) is 1.74. The highest BCUT2D eigenvalue weighted by Crippen LogP contribution is 2.38. The maximum Gasteiger partial charge on any atom is 0.338 e. The number of para-hydroxylation sites is 1. The zero-order chi connectivity index (χ0) is 22.8. The molecule has 0 fully saturated rings. The molecule has 0 saturated carbocycles. The van der Waals surface area contributed by atoms with Crippen LogP contribution in [0, 0.1) is 5.41 Å². The Morgan fingerprint density at radius 3 is 2.55 bits per heavy atom. The molecule has 1 aliphatic rings. The van der Waals surface area contributed by atoms with E-state index in [1.807, 2.05) is 26.8 Å². The fourth-order valence-corrected chi connectivity index (χ4v) is 5.20. The number of aryl methyl sites for hydroxylation is 1. The molecule has 1 atom stereocenters. The van der Waals surface area contributed by atoms with Crippen molar-refractivity contribution in [2.45, 2.75) is 50.8 Å². The number of aromatic carboxylic acids is 1. The number of fused-ring (bicyclic) bond motifs is 1. The number of carboxylic acids is 1. The van der Waals surface area contributed by atoms with Crippen LogP contribution in [-0.4, -0.2) is 37.8 Å². The topological polar surface area (TPSA) is 116 Å². The van der Waals surface area contributed by atoms with E-state index < -0.39 is 21.4 Å². The summed E-state index contributed by atoms with van der Waals surface area (Å²) >= 11 is 0. The number of rotatable bonds is 8. The van der Waals surface area contributed by atoms with Crippen LogP contribution in [0.3, 0.4) is 0 Å². The van der Waals surface area contributed by atoms with Crippen molar-refractivity contribution in [1.82, 2.24) is 0 Å². The van der Waals surface area contributed by atoms with Gasteiger partial charge in [-0.05, 0) is 54.5 Å². The first kappa shape index (κ1) is 23.1. The minimum absolute atomic E-state index is 0.0193. The summed E-state index contributed by atoms with van der Waals surface area (Å²) in [6.07, 6.45) is 2.65. The molecule has 1 aliphatic carbocycles. The van der Waals surface area contributed by atoms with Crippen LogP contribution in [0.15, 0.2) is 41.3 Å². The molecular formula is C23H30N2O5S. The normalized spacial score (nSPS) is 16.5. The predicted octanol–water partition coefficient (Wildman–Crippen LogP) is 4.06. The van der Waals surface area contributed by atoms with Gasteiger partial charge in [-0.2, -0.15) is 0 Å². The second kappa shape index (κ2) is 8.88. The number of aliphatic hydroxyl groups excluding tert-OH is 1. The molecule has 31 heavy (non-hydrogen) atoms. The molecule has 2 aromatic carbocycles. The van der Waals surface area contributed by atoms with E-state index >= 15 is 0 Å². The molecule has 2 aromatic rings. The summed E-state index contributed by atoms with van der Waals surface area (Å²) < 4.78 is 29.0. The SMILES string of the molecule is CC1CCCc2ccc(NS(=O)(=O)c3ccccc3NCC(C)(C)CO)c(C(=O)O)c21. The number of sulfonamides is 1. The average Bonchev–Trinajstić information content (AvgIpc) is 2.72. The molecule has 3 rings (SSSR count). The van der Waals surface area contributed by atoms with Gasteiger partial charge in [0.25, 0.3) is 10.0 Å². The molecule has 0 radical (unpaired) electrons. The van der Waals surface area contributed by atoms with Gasteiger partial charge in [-0.25, -0.2) is 13.2 Å². The number of carboxylic acid groups (broad SMARTS) is 1. The summed E-state index contributed by atoms with van der Waals surface area (Å²) in [5, 5.41) is 22.5. The van der Waals surface area contributed by atoms with E-state index in [-0.39, 0.29) is 28.7 Å². The molecule has 0 aliphatic heterocycles. The van der Waals surface area contributed by atoms with Crippen molar-refractivity contribution in [2.75, 3.05) is 23.2 Å². The Labute approximate surface area is 183 Å². The first-order valence-electron chi connectivity index (χ1n) is 10.4. The van der Waals surface area contributed by atoms with Gasteiger partial charge in [0.05, 0.1) is 16.9 Å². The number of aliphatic hydroxyl groups is 1. The van der Waals surface area contributed by atoms with Crippen LogP contribution >= 0.6 is 0 Å². The van der Waals surface area contributed by atoms with Crippen LogP contribution in [0.1, 0.15) is 61.0 Å². The number of carbonyl (C=O) groups is 1. The van der Waals surface area contributed by atoms with Crippen molar-refractivity contribution >= 4 is 27.4 Å². The van der Waals surface area contributed by atoms with E-state index in [0.717, 1.165) is 30.4 Å². The van der Waals surface area contributed by atoms with Gasteiger partial charge in [-0.15, -0.1) is 0 Å². The standard InChI is InChI=1S/C23H30N2O5S/c1-15-7-6-8-16-11-12-18(21(20(15)16)22(27)28)25-31(29,30)19-10-5-4-9-17(19)24-13-23(2,3)14-26/h4-5,9-12,15,24-26H,6-8,13-14H2,1-3H3,(H,27,28). The van der Waals surface area contributed by atoms with Gasteiger partial charge in [0, 0.05) is 18.6 Å². The lowest BCUT2D eigenvalue weighted by atomic mass is 9.80. The third-order valence-corrected chi connectivity index (χ3v) is 7.16. The highest BCUT2D eigenvalue weighted by atomic mass is 32.2. The zero-order valence-corrected chi connectivity index (χ0v) is 18.9. The van der Waals surface area contributed by atoms with E-state index in [2.05, 4.69) is 10.0 Å². The van der Waals surface area contributed by atoms with Gasteiger partial charge < -0.3 is 15.5 Å². The third kappa shape index (κ3) is 5.02. The van der Waals surface area contributed by atoms with Crippen molar-refractivity contribution < 1.29 is 23.4 Å². The maximum absolute atomic E-state index is 13.2. The van der Waals surface area contributed by atoms with Crippen LogP contribution in [0.25, 0.3) is 0 Å². The first-order chi connectivity index (χ1) is 14.6. The first-order valence-corrected chi connectivity index (χ1v) is 11.9. The maximum atomic E-state index is 13.2. The zero-order valence-electron chi connectivity index (χ0n) is 18.1. The van der Waals surface area contributed by atoms with Crippen LogP contribution in [-0.2, 0) is 16.4 Å². The highest BCUT2D eigenvalue weighted by Gasteiger charge is 2.28. The van der Waals surface area contributed by atoms with Crippen molar-refractivity contribution in [3.05, 3.63) is 53.1 Å². The van der Waals surface area contributed by atoms with Crippen LogP contribution in [0.4, 0.5) is 11.4 Å². The summed E-state index contributed by atoms with van der Waals surface area (Å²) in [6.45, 7) is 6.02. The Bertz CT molecular complexity index is 1080. The predicted molar refractivity (Wildman–Crippen MR) is 121 cm³/mol. The second-order valence-electron chi connectivity index (χ2n) is 8.94. The summed E-state index contributed by atoms with van der Waals surface area (Å²) in [6, 6.07) is 9.82. The van der Waals surface area contributed by atoms with Crippen molar-refractivity contribution in [3.63, 3.8) is 0 Å². The van der Waals surface area contributed by atoms with E-state index in [0.29, 0.717) is 12.2 Å². The Morgan fingerprint density at radius 2 is 1.87 bits per heavy atom. The molecule has 0 heterocycles. The van der Waals surface area contributed by atoms with Crippen LogP contribution in [0.5, 0.6) is 0 Å². The second-order valence-corrected chi connectivity index (χ2v) is 10.6. The van der Waals surface area contributed by atoms with Crippen LogP contribution < -0.4 is 10.0 Å². The summed E-state index contributed by atoms with van der Waals surface area (Å²) in [5.74, 6) is -1.09. The molecule has 7 nitrogen and oxygen atoms in total. The van der Waals surface area contributed by atoms with Crippen molar-refractivity contribution in [3.8, 4) is 0 Å². The lowest BCUT2D eigenvalue weighted by Gasteiger charge is -2.26.